The van der Waals surface area contributed by atoms with E-state index in [0.29, 0.717) is 118 Å². The Bertz CT molecular complexity index is 3260. The van der Waals surface area contributed by atoms with Crippen molar-refractivity contribution in [2.45, 2.75) is 33.5 Å². The second kappa shape index (κ2) is 25.1. The molecule has 5 aromatic heterocycles. The van der Waals surface area contributed by atoms with Gasteiger partial charge in [-0.15, -0.1) is 22.7 Å². The van der Waals surface area contributed by atoms with Crippen LogP contribution >= 0.6 is 45.9 Å². The van der Waals surface area contributed by atoms with Gasteiger partial charge in [0.2, 0.25) is 0 Å². The Morgan fingerprint density at radius 3 is 1.62 bits per heavy atom. The summed E-state index contributed by atoms with van der Waals surface area (Å²) >= 11 is 14.6. The van der Waals surface area contributed by atoms with Gasteiger partial charge in [0.05, 0.1) is 45.2 Å². The summed E-state index contributed by atoms with van der Waals surface area (Å²) in [4.78, 5) is 70.0. The van der Waals surface area contributed by atoms with E-state index in [1.165, 1.54) is 54.0 Å². The van der Waals surface area contributed by atoms with Crippen LogP contribution in [0.1, 0.15) is 48.3 Å². The molecule has 0 bridgehead atoms. The van der Waals surface area contributed by atoms with E-state index in [1.54, 1.807) is 55.2 Å². The number of aryl methyl sites for hydroxylation is 1. The molecule has 9 rings (SSSR count). The van der Waals surface area contributed by atoms with Crippen molar-refractivity contribution in [2.24, 2.45) is 9.98 Å². The van der Waals surface area contributed by atoms with Crippen LogP contribution in [0.15, 0.2) is 98.3 Å². The number of benzene rings is 2. The van der Waals surface area contributed by atoms with Gasteiger partial charge in [-0.2, -0.15) is 4.98 Å². The number of thiazole rings is 2. The number of carbonyl (C=O) groups is 3. The van der Waals surface area contributed by atoms with E-state index in [4.69, 9.17) is 51.9 Å². The number of piperazine rings is 2. The van der Waals surface area contributed by atoms with Crippen LogP contribution in [0.25, 0.3) is 11.5 Å². The molecule has 7 heterocycles. The van der Waals surface area contributed by atoms with Crippen molar-refractivity contribution in [1.29, 1.82) is 0 Å². The summed E-state index contributed by atoms with van der Waals surface area (Å²) in [5, 5.41) is 7.59. The number of aromatic nitrogens is 6. The van der Waals surface area contributed by atoms with Crippen molar-refractivity contribution in [3.8, 4) is 11.5 Å². The van der Waals surface area contributed by atoms with Gasteiger partial charge in [0.1, 0.15) is 13.5 Å². The van der Waals surface area contributed by atoms with Crippen molar-refractivity contribution in [2.75, 3.05) is 73.7 Å². The van der Waals surface area contributed by atoms with Gasteiger partial charge in [0.25, 0.3) is 17.7 Å². The van der Waals surface area contributed by atoms with Crippen molar-refractivity contribution < 1.29 is 41.9 Å². The van der Waals surface area contributed by atoms with Crippen molar-refractivity contribution in [3.05, 3.63) is 149 Å². The molecule has 0 aliphatic carbocycles. The van der Waals surface area contributed by atoms with Gasteiger partial charge in [-0.1, -0.05) is 40.5 Å². The molecule has 2 fully saturated rings. The Kier molecular flexibility index (Phi) is 18.2. The summed E-state index contributed by atoms with van der Waals surface area (Å²) in [6, 6.07) is 15.9. The van der Waals surface area contributed by atoms with Crippen LogP contribution in [0.3, 0.4) is 0 Å². The summed E-state index contributed by atoms with van der Waals surface area (Å²) in [5.74, 6) is -0.819. The molecule has 388 valence electrons. The predicted octanol–water partition coefficient (Wildman–Crippen LogP) is 7.21. The molecule has 2 aliphatic rings. The van der Waals surface area contributed by atoms with Gasteiger partial charge in [-0.05, 0) is 55.5 Å². The van der Waals surface area contributed by atoms with Crippen LogP contribution < -0.4 is 9.60 Å². The van der Waals surface area contributed by atoms with Crippen LogP contribution in [0.5, 0.6) is 0 Å². The number of esters is 1. The third kappa shape index (κ3) is 13.4. The highest BCUT2D eigenvalue weighted by atomic mass is 35.5. The maximum absolute atomic E-state index is 14.4. The lowest BCUT2D eigenvalue weighted by Gasteiger charge is -2.34. The van der Waals surface area contributed by atoms with Crippen LogP contribution in [-0.4, -0.2) is 140 Å². The minimum atomic E-state index is -0.704. The quantitative estimate of drug-likeness (QED) is 0.0995. The van der Waals surface area contributed by atoms with E-state index in [0.717, 1.165) is 16.1 Å². The zero-order chi connectivity index (χ0) is 52.3. The molecule has 7 aromatic rings. The maximum Gasteiger partial charge on any atom is 0.338 e. The Morgan fingerprint density at radius 1 is 0.676 bits per heavy atom. The number of rotatable bonds is 14. The number of halogens is 4. The van der Waals surface area contributed by atoms with E-state index in [1.807, 2.05) is 44.4 Å². The van der Waals surface area contributed by atoms with Crippen LogP contribution in [0.2, 0.25) is 10.0 Å². The Labute approximate surface area is 441 Å². The van der Waals surface area contributed by atoms with Gasteiger partial charge in [-0.25, -0.2) is 33.5 Å². The minimum Gasteiger partial charge on any atom is -0.465 e. The third-order valence-electron chi connectivity index (χ3n) is 11.7. The molecule has 0 N–H and O–H groups in total. The van der Waals surface area contributed by atoms with Crippen LogP contribution in [0.4, 0.5) is 20.4 Å². The second-order valence-electron chi connectivity index (χ2n) is 16.8. The average Bonchev–Trinajstić information content (AvgIpc) is 4.17. The third-order valence-corrected chi connectivity index (χ3v) is 13.8. The largest absolute Gasteiger partial charge is 0.465 e. The fourth-order valence-corrected chi connectivity index (χ4v) is 9.79. The summed E-state index contributed by atoms with van der Waals surface area (Å²) < 4.78 is 53.1. The first-order valence-corrected chi connectivity index (χ1v) is 25.5. The molecule has 2 amide bonds. The number of hydrogen-bond acceptors (Lipinski definition) is 17. The fraction of sp³-hybridized carbons (Fsp3) is 0.327. The summed E-state index contributed by atoms with van der Waals surface area (Å²) in [6.45, 7) is 7.53. The standard InChI is InChI=1S/C25H25ClFN7O3S.C24H25ClFN5O4S/c1-16-28-23(37-31-16)17-12-18(29-21(13-17)30-25-34(15-36-2)10-11-38-25)14-32-6-8-33(9-7-32)24(35)19-4-3-5-20(26)22(19)27;1-34-15-31-10-11-36-24(31)28-20-13-16(23(33)35-2)12-17(27-20)14-29-6-8-30(9-7-29)22(32)18-4-3-5-19(25)21(18)26/h3-5,10-13H,6-9,14-15H2,1-2H3;3-5,10-13H,6-9,14-15H2,1-2H3. The molecule has 74 heavy (non-hydrogen) atoms. The van der Waals surface area contributed by atoms with Gasteiger partial charge in [-0.3, -0.25) is 28.5 Å². The monoisotopic (exact) mass is 1090 g/mol. The molecule has 2 aliphatic heterocycles. The molecule has 0 atom stereocenters. The summed E-state index contributed by atoms with van der Waals surface area (Å²) in [5.41, 5.74) is 2.44. The fourth-order valence-electron chi connectivity index (χ4n) is 7.99. The highest BCUT2D eigenvalue weighted by molar-refractivity contribution is 7.07. The summed E-state index contributed by atoms with van der Waals surface area (Å²) in [6.07, 6.45) is 3.75. The van der Waals surface area contributed by atoms with Crippen LogP contribution in [0, 0.1) is 18.6 Å². The molecule has 25 heteroatoms. The number of hydrogen-bond donors (Lipinski definition) is 0. The number of nitrogens with zero attached hydrogens (tertiary/aromatic N) is 12. The molecule has 19 nitrogen and oxygen atoms in total. The lowest BCUT2D eigenvalue weighted by molar-refractivity contribution is 0.0593. The van der Waals surface area contributed by atoms with Gasteiger partial charge >= 0.3 is 5.97 Å². The normalized spacial score (nSPS) is 14.8. The molecule has 2 aromatic carbocycles. The average molecular weight is 1090 g/mol. The lowest BCUT2D eigenvalue weighted by Crippen LogP contribution is -2.48. The first kappa shape index (κ1) is 53.7. The van der Waals surface area contributed by atoms with Gasteiger partial charge in [0.15, 0.2) is 38.7 Å². The number of pyridine rings is 2. The Balaban J connectivity index is 0.000000197. The topological polar surface area (TPSA) is 191 Å². The zero-order valence-electron chi connectivity index (χ0n) is 40.6. The van der Waals surface area contributed by atoms with Crippen molar-refractivity contribution >= 4 is 75.3 Å². The highest BCUT2D eigenvalue weighted by Crippen LogP contribution is 2.26. The zero-order valence-corrected chi connectivity index (χ0v) is 43.8. The smallest absolute Gasteiger partial charge is 0.338 e. The number of methoxy groups -OCH3 is 3. The summed E-state index contributed by atoms with van der Waals surface area (Å²) in [7, 11) is 4.55. The molecule has 2 saturated heterocycles. The lowest BCUT2D eigenvalue weighted by atomic mass is 10.1. The highest BCUT2D eigenvalue weighted by Gasteiger charge is 2.27. The van der Waals surface area contributed by atoms with E-state index < -0.39 is 17.6 Å². The molecule has 0 radical (unpaired) electrons. The van der Waals surface area contributed by atoms with E-state index in [9.17, 15) is 23.2 Å². The molecule has 0 spiro atoms. The van der Waals surface area contributed by atoms with Crippen LogP contribution in [-0.2, 0) is 40.8 Å². The SMILES string of the molecule is COCn1ccsc1=Nc1cc(-c2nc(C)no2)cc(CN2CCN(C(=O)c3cccc(Cl)c3F)CC2)n1.COCn1ccsc1=Nc1cc(C(=O)OC)cc(CN2CCN(C(=O)c3cccc(Cl)c3F)CC2)n1. The number of amides is 2. The molecular weight excluding hydrogens is 1040 g/mol. The maximum atomic E-state index is 14.4. The van der Waals surface area contributed by atoms with Crippen molar-refractivity contribution in [3.63, 3.8) is 0 Å². The predicted molar refractivity (Wildman–Crippen MR) is 272 cm³/mol. The minimum absolute atomic E-state index is 0.0132. The van der Waals surface area contributed by atoms with E-state index in [-0.39, 0.29) is 33.0 Å². The second-order valence-corrected chi connectivity index (χ2v) is 19.3. The molecule has 0 unspecified atom stereocenters. The molecule has 0 saturated carbocycles. The number of ether oxygens (including phenoxy) is 3. The van der Waals surface area contributed by atoms with Crippen molar-refractivity contribution in [1.82, 2.24) is 48.8 Å². The van der Waals surface area contributed by atoms with Gasteiger partial charge < -0.3 is 28.5 Å². The Morgan fingerprint density at radius 2 is 1.16 bits per heavy atom. The Hall–Kier alpha value is -6.57. The first-order valence-electron chi connectivity index (χ1n) is 23.0. The van der Waals surface area contributed by atoms with Gasteiger partial charge in [0, 0.05) is 108 Å². The van der Waals surface area contributed by atoms with E-state index >= 15 is 0 Å². The first-order chi connectivity index (χ1) is 35.8. The van der Waals surface area contributed by atoms with E-state index in [2.05, 4.69) is 29.9 Å². The molecular formula is C49H50Cl2F2N12O7S2. The number of carbonyl (C=O) groups excluding carboxylic acids is 3.